The van der Waals surface area contributed by atoms with Crippen LogP contribution in [0.15, 0.2) is 5.10 Å². The largest absolute Gasteiger partial charge is 0.452 e. The van der Waals surface area contributed by atoms with Crippen molar-refractivity contribution in [2.45, 2.75) is 32.1 Å². The molecule has 1 aliphatic carbocycles. The van der Waals surface area contributed by atoms with Crippen molar-refractivity contribution in [3.8, 4) is 0 Å². The molecule has 0 saturated heterocycles. The smallest absolute Gasteiger partial charge is 0.427 e. The topological polar surface area (TPSA) is 50.7 Å². The first-order valence-corrected chi connectivity index (χ1v) is 4.22. The standard InChI is InChI=1S/C8H14N2O2/c1-12-8(11)10-9-7-5-3-2-4-6-7/h2-6H2,1H3,(H,10,11). The summed E-state index contributed by atoms with van der Waals surface area (Å²) in [6, 6.07) is 0. The molecule has 0 radical (unpaired) electrons. The van der Waals surface area contributed by atoms with Crippen LogP contribution in [0.2, 0.25) is 0 Å². The van der Waals surface area contributed by atoms with Gasteiger partial charge in [0.25, 0.3) is 0 Å². The highest BCUT2D eigenvalue weighted by Crippen LogP contribution is 2.13. The first-order chi connectivity index (χ1) is 5.83. The van der Waals surface area contributed by atoms with Gasteiger partial charge in [-0.15, -0.1) is 0 Å². The maximum atomic E-state index is 10.6. The highest BCUT2D eigenvalue weighted by molar-refractivity contribution is 5.85. The minimum absolute atomic E-state index is 0.493. The molecule has 1 fully saturated rings. The summed E-state index contributed by atoms with van der Waals surface area (Å²) in [5.74, 6) is 0. The predicted octanol–water partition coefficient (Wildman–Crippen LogP) is 1.66. The molecule has 4 heteroatoms. The molecule has 0 unspecified atom stereocenters. The van der Waals surface area contributed by atoms with Gasteiger partial charge in [0.15, 0.2) is 0 Å². The van der Waals surface area contributed by atoms with Crippen molar-refractivity contribution in [2.24, 2.45) is 5.10 Å². The van der Waals surface area contributed by atoms with Gasteiger partial charge in [0.2, 0.25) is 0 Å². The Balaban J connectivity index is 2.29. The Morgan fingerprint density at radius 3 is 2.67 bits per heavy atom. The Kier molecular flexibility index (Phi) is 3.57. The molecule has 0 aromatic heterocycles. The van der Waals surface area contributed by atoms with Crippen molar-refractivity contribution >= 4 is 11.8 Å². The van der Waals surface area contributed by atoms with Crippen LogP contribution in [0, 0.1) is 0 Å². The Hall–Kier alpha value is -1.06. The summed E-state index contributed by atoms with van der Waals surface area (Å²) in [4.78, 5) is 10.6. The van der Waals surface area contributed by atoms with Gasteiger partial charge in [0, 0.05) is 5.71 Å². The van der Waals surface area contributed by atoms with Crippen LogP contribution >= 0.6 is 0 Å². The lowest BCUT2D eigenvalue weighted by molar-refractivity contribution is 0.171. The average molecular weight is 170 g/mol. The minimum Gasteiger partial charge on any atom is -0.452 e. The van der Waals surface area contributed by atoms with E-state index in [1.54, 1.807) is 0 Å². The van der Waals surface area contributed by atoms with Gasteiger partial charge >= 0.3 is 6.09 Å². The van der Waals surface area contributed by atoms with Gasteiger partial charge in [-0.1, -0.05) is 6.42 Å². The van der Waals surface area contributed by atoms with Crippen LogP contribution in [-0.2, 0) is 4.74 Å². The fraction of sp³-hybridized carbons (Fsp3) is 0.750. The zero-order chi connectivity index (χ0) is 8.81. The summed E-state index contributed by atoms with van der Waals surface area (Å²) in [5.41, 5.74) is 3.40. The van der Waals surface area contributed by atoms with E-state index in [-0.39, 0.29) is 0 Å². The highest BCUT2D eigenvalue weighted by atomic mass is 16.5. The number of carbonyl (C=O) groups is 1. The Morgan fingerprint density at radius 2 is 2.08 bits per heavy atom. The SMILES string of the molecule is COC(=O)NN=C1CCCCC1. The molecular formula is C8H14N2O2. The molecule has 0 spiro atoms. The zero-order valence-electron chi connectivity index (χ0n) is 7.30. The summed E-state index contributed by atoms with van der Waals surface area (Å²) in [7, 11) is 1.33. The fourth-order valence-electron chi connectivity index (χ4n) is 1.24. The van der Waals surface area contributed by atoms with E-state index >= 15 is 0 Å². The molecule has 0 aliphatic heterocycles. The van der Waals surface area contributed by atoms with E-state index in [1.165, 1.54) is 26.4 Å². The van der Waals surface area contributed by atoms with Crippen LogP contribution < -0.4 is 5.43 Å². The van der Waals surface area contributed by atoms with Crippen molar-refractivity contribution in [3.63, 3.8) is 0 Å². The molecule has 0 atom stereocenters. The van der Waals surface area contributed by atoms with Gasteiger partial charge in [0.05, 0.1) is 7.11 Å². The number of ether oxygens (including phenoxy) is 1. The molecule has 4 nitrogen and oxygen atoms in total. The normalized spacial score (nSPS) is 16.9. The van der Waals surface area contributed by atoms with E-state index < -0.39 is 6.09 Å². The fourth-order valence-corrected chi connectivity index (χ4v) is 1.24. The Morgan fingerprint density at radius 1 is 1.42 bits per heavy atom. The summed E-state index contributed by atoms with van der Waals surface area (Å²) in [6.07, 6.45) is 5.15. The molecule has 1 rings (SSSR count). The third-order valence-electron chi connectivity index (χ3n) is 1.92. The van der Waals surface area contributed by atoms with Crippen molar-refractivity contribution in [3.05, 3.63) is 0 Å². The molecule has 1 aliphatic rings. The van der Waals surface area contributed by atoms with Gasteiger partial charge in [0.1, 0.15) is 0 Å². The molecule has 0 aromatic carbocycles. The predicted molar refractivity (Wildman–Crippen MR) is 46.1 cm³/mol. The van der Waals surface area contributed by atoms with Gasteiger partial charge < -0.3 is 4.74 Å². The van der Waals surface area contributed by atoms with E-state index in [2.05, 4.69) is 15.3 Å². The first-order valence-electron chi connectivity index (χ1n) is 4.22. The second-order valence-corrected chi connectivity index (χ2v) is 2.84. The van der Waals surface area contributed by atoms with E-state index in [4.69, 9.17) is 0 Å². The average Bonchev–Trinajstić information content (AvgIpc) is 2.16. The number of hydrazone groups is 1. The van der Waals surface area contributed by atoms with E-state index in [1.807, 2.05) is 0 Å². The molecule has 68 valence electrons. The van der Waals surface area contributed by atoms with Crippen LogP contribution in [0.25, 0.3) is 0 Å². The third kappa shape index (κ3) is 2.90. The molecule has 1 saturated carbocycles. The van der Waals surface area contributed by atoms with E-state index in [0.717, 1.165) is 18.6 Å². The number of hydrogen-bond donors (Lipinski definition) is 1. The molecule has 0 bridgehead atoms. The van der Waals surface area contributed by atoms with Gasteiger partial charge in [-0.25, -0.2) is 10.2 Å². The van der Waals surface area contributed by atoms with Crippen LogP contribution in [-0.4, -0.2) is 18.9 Å². The van der Waals surface area contributed by atoms with Crippen LogP contribution in [0.3, 0.4) is 0 Å². The van der Waals surface area contributed by atoms with Crippen LogP contribution in [0.1, 0.15) is 32.1 Å². The van der Waals surface area contributed by atoms with E-state index in [0.29, 0.717) is 0 Å². The quantitative estimate of drug-likeness (QED) is 0.608. The number of rotatable bonds is 1. The Bertz CT molecular complexity index is 181. The van der Waals surface area contributed by atoms with Crippen molar-refractivity contribution in [1.82, 2.24) is 5.43 Å². The number of methoxy groups -OCH3 is 1. The number of hydrogen-bond acceptors (Lipinski definition) is 3. The molecule has 1 N–H and O–H groups in total. The number of nitrogens with zero attached hydrogens (tertiary/aromatic N) is 1. The van der Waals surface area contributed by atoms with Gasteiger partial charge in [-0.05, 0) is 25.7 Å². The zero-order valence-corrected chi connectivity index (χ0v) is 7.30. The number of amides is 1. The maximum absolute atomic E-state index is 10.6. The number of nitrogens with one attached hydrogen (secondary N) is 1. The lowest BCUT2D eigenvalue weighted by Gasteiger charge is -2.11. The monoisotopic (exact) mass is 170 g/mol. The molecule has 1 amide bonds. The second kappa shape index (κ2) is 4.74. The van der Waals surface area contributed by atoms with Gasteiger partial charge in [-0.3, -0.25) is 0 Å². The lowest BCUT2D eigenvalue weighted by Crippen LogP contribution is -2.20. The van der Waals surface area contributed by atoms with Crippen molar-refractivity contribution < 1.29 is 9.53 Å². The maximum Gasteiger partial charge on any atom is 0.427 e. The van der Waals surface area contributed by atoms with Crippen LogP contribution in [0.5, 0.6) is 0 Å². The highest BCUT2D eigenvalue weighted by Gasteiger charge is 2.06. The second-order valence-electron chi connectivity index (χ2n) is 2.84. The summed E-state index contributed by atoms with van der Waals surface area (Å²) in [5, 5.41) is 3.95. The number of carbonyl (C=O) groups excluding carboxylic acids is 1. The third-order valence-corrected chi connectivity index (χ3v) is 1.92. The van der Waals surface area contributed by atoms with E-state index in [9.17, 15) is 4.79 Å². The minimum atomic E-state index is -0.493. The summed E-state index contributed by atoms with van der Waals surface area (Å²) < 4.78 is 4.38. The molecular weight excluding hydrogens is 156 g/mol. The summed E-state index contributed by atoms with van der Waals surface area (Å²) >= 11 is 0. The Labute approximate surface area is 72.0 Å². The van der Waals surface area contributed by atoms with Gasteiger partial charge in [-0.2, -0.15) is 5.10 Å². The van der Waals surface area contributed by atoms with Crippen molar-refractivity contribution in [2.75, 3.05) is 7.11 Å². The lowest BCUT2D eigenvalue weighted by atomic mass is 9.99. The summed E-state index contributed by atoms with van der Waals surface area (Å²) in [6.45, 7) is 0. The molecule has 0 aromatic rings. The first kappa shape index (κ1) is 9.03. The van der Waals surface area contributed by atoms with Crippen molar-refractivity contribution in [1.29, 1.82) is 0 Å². The molecule has 0 heterocycles. The molecule has 12 heavy (non-hydrogen) atoms. The van der Waals surface area contributed by atoms with Crippen LogP contribution in [0.4, 0.5) is 4.79 Å².